The van der Waals surface area contributed by atoms with E-state index in [2.05, 4.69) is 6.58 Å². The Morgan fingerprint density at radius 3 is 2.93 bits per heavy atom. The second-order valence-electron chi connectivity index (χ2n) is 4.38. The summed E-state index contributed by atoms with van der Waals surface area (Å²) < 4.78 is 5.85. The molecular formula is C13H16O2. The Morgan fingerprint density at radius 2 is 2.27 bits per heavy atom. The van der Waals surface area contributed by atoms with Crippen LogP contribution in [0.15, 0.2) is 24.8 Å². The van der Waals surface area contributed by atoms with E-state index in [1.54, 1.807) is 6.07 Å². The number of hydrogen-bond acceptors (Lipinski definition) is 2. The number of aryl methyl sites for hydroxylation is 1. The van der Waals surface area contributed by atoms with E-state index in [-0.39, 0.29) is 5.60 Å². The second kappa shape index (κ2) is 3.30. The van der Waals surface area contributed by atoms with E-state index < -0.39 is 0 Å². The van der Waals surface area contributed by atoms with Crippen molar-refractivity contribution in [1.29, 1.82) is 0 Å². The standard InChI is InChI=1S/C13H16O2/c1-4-13(3)6-5-10-11(14)7-9(2)8-12(10)15-13/h4,7-8,14H,1,5-6H2,2-3H3/t13-/m0/s1. The van der Waals surface area contributed by atoms with E-state index in [0.717, 1.165) is 29.7 Å². The first-order valence-electron chi connectivity index (χ1n) is 5.19. The van der Waals surface area contributed by atoms with Crippen LogP contribution in [-0.2, 0) is 6.42 Å². The normalized spacial score (nSPS) is 24.1. The van der Waals surface area contributed by atoms with Gasteiger partial charge in [0.2, 0.25) is 0 Å². The quantitative estimate of drug-likeness (QED) is 0.713. The molecule has 80 valence electrons. The third kappa shape index (κ3) is 1.72. The number of fused-ring (bicyclic) bond motifs is 1. The van der Waals surface area contributed by atoms with Crippen molar-refractivity contribution in [2.45, 2.75) is 32.3 Å². The van der Waals surface area contributed by atoms with Gasteiger partial charge in [0.05, 0.1) is 0 Å². The zero-order valence-electron chi connectivity index (χ0n) is 9.21. The largest absolute Gasteiger partial charge is 0.508 e. The monoisotopic (exact) mass is 204 g/mol. The molecule has 15 heavy (non-hydrogen) atoms. The first-order valence-corrected chi connectivity index (χ1v) is 5.19. The molecule has 0 saturated carbocycles. The molecule has 1 N–H and O–H groups in total. The summed E-state index contributed by atoms with van der Waals surface area (Å²) in [5.41, 5.74) is 1.63. The maximum absolute atomic E-state index is 9.77. The minimum atomic E-state index is -0.298. The van der Waals surface area contributed by atoms with Gasteiger partial charge in [-0.1, -0.05) is 6.58 Å². The summed E-state index contributed by atoms with van der Waals surface area (Å²) in [5.74, 6) is 1.14. The molecule has 0 unspecified atom stereocenters. The van der Waals surface area contributed by atoms with Crippen LogP contribution in [0.2, 0.25) is 0 Å². The van der Waals surface area contributed by atoms with Crippen LogP contribution in [-0.4, -0.2) is 10.7 Å². The van der Waals surface area contributed by atoms with Gasteiger partial charge in [0.1, 0.15) is 17.1 Å². The van der Waals surface area contributed by atoms with Crippen LogP contribution in [0.25, 0.3) is 0 Å². The lowest BCUT2D eigenvalue weighted by atomic mass is 9.91. The minimum Gasteiger partial charge on any atom is -0.508 e. The average Bonchev–Trinajstić information content (AvgIpc) is 2.16. The molecule has 0 bridgehead atoms. The number of aromatic hydroxyl groups is 1. The van der Waals surface area contributed by atoms with E-state index in [4.69, 9.17) is 4.74 Å². The van der Waals surface area contributed by atoms with Crippen LogP contribution in [0.5, 0.6) is 11.5 Å². The van der Waals surface area contributed by atoms with Crippen molar-refractivity contribution in [2.75, 3.05) is 0 Å². The van der Waals surface area contributed by atoms with Crippen LogP contribution in [0.1, 0.15) is 24.5 Å². The Morgan fingerprint density at radius 1 is 1.53 bits per heavy atom. The number of benzene rings is 1. The molecular weight excluding hydrogens is 188 g/mol. The lowest BCUT2D eigenvalue weighted by Gasteiger charge is -2.33. The van der Waals surface area contributed by atoms with Crippen LogP contribution in [0, 0.1) is 6.92 Å². The molecule has 2 heteroatoms. The van der Waals surface area contributed by atoms with E-state index in [9.17, 15) is 5.11 Å². The fourth-order valence-corrected chi connectivity index (χ4v) is 1.93. The highest BCUT2D eigenvalue weighted by atomic mass is 16.5. The topological polar surface area (TPSA) is 29.5 Å². The lowest BCUT2D eigenvalue weighted by Crippen LogP contribution is -2.33. The molecule has 2 nitrogen and oxygen atoms in total. The molecule has 0 fully saturated rings. The Labute approximate surface area is 90.2 Å². The number of ether oxygens (including phenoxy) is 1. The van der Waals surface area contributed by atoms with Crippen LogP contribution >= 0.6 is 0 Å². The zero-order valence-corrected chi connectivity index (χ0v) is 9.21. The maximum Gasteiger partial charge on any atom is 0.127 e. The summed E-state index contributed by atoms with van der Waals surface area (Å²) >= 11 is 0. The van der Waals surface area contributed by atoms with Crippen molar-refractivity contribution < 1.29 is 9.84 Å². The van der Waals surface area contributed by atoms with Crippen LogP contribution in [0.3, 0.4) is 0 Å². The summed E-state index contributed by atoms with van der Waals surface area (Å²) in [4.78, 5) is 0. The molecule has 1 aliphatic heterocycles. The lowest BCUT2D eigenvalue weighted by molar-refractivity contribution is 0.113. The molecule has 1 aliphatic rings. The molecule has 1 atom stereocenters. The molecule has 1 heterocycles. The Balaban J connectivity index is 2.46. The van der Waals surface area contributed by atoms with Gasteiger partial charge < -0.3 is 9.84 Å². The number of phenolic OH excluding ortho intramolecular Hbond substituents is 1. The smallest absolute Gasteiger partial charge is 0.127 e. The van der Waals surface area contributed by atoms with Crippen molar-refractivity contribution in [3.8, 4) is 11.5 Å². The molecule has 0 amide bonds. The molecule has 0 saturated heterocycles. The third-order valence-electron chi connectivity index (χ3n) is 2.98. The van der Waals surface area contributed by atoms with Gasteiger partial charge in [0.15, 0.2) is 0 Å². The van der Waals surface area contributed by atoms with Gasteiger partial charge in [-0.05, 0) is 50.5 Å². The Bertz CT molecular complexity index is 409. The Hall–Kier alpha value is -1.44. The molecule has 0 spiro atoms. The molecule has 0 aliphatic carbocycles. The van der Waals surface area contributed by atoms with E-state index in [0.29, 0.717) is 5.75 Å². The van der Waals surface area contributed by atoms with E-state index in [1.807, 2.05) is 26.0 Å². The highest BCUT2D eigenvalue weighted by Crippen LogP contribution is 2.39. The van der Waals surface area contributed by atoms with Gasteiger partial charge >= 0.3 is 0 Å². The summed E-state index contributed by atoms with van der Waals surface area (Å²) in [6.45, 7) is 7.75. The highest BCUT2D eigenvalue weighted by molar-refractivity contribution is 5.48. The molecule has 0 radical (unpaired) electrons. The predicted octanol–water partition coefficient (Wildman–Crippen LogP) is 2.97. The fourth-order valence-electron chi connectivity index (χ4n) is 1.93. The maximum atomic E-state index is 9.77. The second-order valence-corrected chi connectivity index (χ2v) is 4.38. The number of rotatable bonds is 1. The molecule has 0 aromatic heterocycles. The molecule has 1 aromatic rings. The van der Waals surface area contributed by atoms with Crippen molar-refractivity contribution in [2.24, 2.45) is 0 Å². The SMILES string of the molecule is C=C[C@@]1(C)CCc2c(O)cc(C)cc2O1. The summed E-state index contributed by atoms with van der Waals surface area (Å²) in [7, 11) is 0. The average molecular weight is 204 g/mol. The van der Waals surface area contributed by atoms with Gasteiger partial charge in [0.25, 0.3) is 0 Å². The zero-order chi connectivity index (χ0) is 11.1. The van der Waals surface area contributed by atoms with Crippen molar-refractivity contribution in [3.63, 3.8) is 0 Å². The first kappa shape index (κ1) is 10.1. The Kier molecular flexibility index (Phi) is 2.22. The van der Waals surface area contributed by atoms with E-state index in [1.165, 1.54) is 0 Å². The van der Waals surface area contributed by atoms with Crippen LogP contribution in [0.4, 0.5) is 0 Å². The summed E-state index contributed by atoms with van der Waals surface area (Å²) in [6.07, 6.45) is 3.53. The van der Waals surface area contributed by atoms with Gasteiger partial charge in [-0.15, -0.1) is 0 Å². The highest BCUT2D eigenvalue weighted by Gasteiger charge is 2.29. The summed E-state index contributed by atoms with van der Waals surface area (Å²) in [6, 6.07) is 3.74. The van der Waals surface area contributed by atoms with Crippen molar-refractivity contribution >= 4 is 0 Å². The van der Waals surface area contributed by atoms with Gasteiger partial charge in [-0.2, -0.15) is 0 Å². The van der Waals surface area contributed by atoms with Crippen molar-refractivity contribution in [3.05, 3.63) is 35.9 Å². The number of hydrogen-bond donors (Lipinski definition) is 1. The molecule has 1 aromatic carbocycles. The fraction of sp³-hybridized carbons (Fsp3) is 0.385. The molecule has 2 rings (SSSR count). The van der Waals surface area contributed by atoms with Gasteiger partial charge in [-0.3, -0.25) is 0 Å². The predicted molar refractivity (Wildman–Crippen MR) is 60.4 cm³/mol. The van der Waals surface area contributed by atoms with Gasteiger partial charge in [-0.25, -0.2) is 0 Å². The number of phenols is 1. The van der Waals surface area contributed by atoms with Crippen LogP contribution < -0.4 is 4.74 Å². The van der Waals surface area contributed by atoms with Gasteiger partial charge in [0, 0.05) is 5.56 Å². The van der Waals surface area contributed by atoms with E-state index >= 15 is 0 Å². The minimum absolute atomic E-state index is 0.298. The third-order valence-corrected chi connectivity index (χ3v) is 2.98. The van der Waals surface area contributed by atoms with Crippen molar-refractivity contribution in [1.82, 2.24) is 0 Å². The summed E-state index contributed by atoms with van der Waals surface area (Å²) in [5, 5.41) is 9.77. The first-order chi connectivity index (χ1) is 7.04.